The molecular weight excluding hydrogens is 450 g/mol. The number of carbonyl (C=O) groups excluding carboxylic acids is 1. The average Bonchev–Trinajstić information content (AvgIpc) is 3.43. The van der Waals surface area contributed by atoms with E-state index in [0.717, 1.165) is 61.5 Å². The summed E-state index contributed by atoms with van der Waals surface area (Å²) in [5.41, 5.74) is 5.47. The molecule has 8 heteroatoms. The van der Waals surface area contributed by atoms with Gasteiger partial charge in [0, 0.05) is 35.9 Å². The minimum atomic E-state index is -0.0302. The van der Waals surface area contributed by atoms with Gasteiger partial charge in [-0.15, -0.1) is 5.10 Å². The predicted molar refractivity (Wildman–Crippen MR) is 138 cm³/mol. The van der Waals surface area contributed by atoms with Gasteiger partial charge in [-0.3, -0.25) is 9.69 Å². The number of fused-ring (bicyclic) bond motifs is 1. The SMILES string of the molecule is N#CC1CCN(Cc2ccc(-c3cccc4nc(Nc5ccc(C(=O)NC6CC6)cc5)nn34)cc2)C1. The zero-order valence-corrected chi connectivity index (χ0v) is 19.9. The second-order valence-corrected chi connectivity index (χ2v) is 9.61. The van der Waals surface area contributed by atoms with Crippen LogP contribution in [-0.4, -0.2) is 44.5 Å². The second kappa shape index (κ2) is 9.44. The number of hydrogen-bond donors (Lipinski definition) is 2. The highest BCUT2D eigenvalue weighted by atomic mass is 16.1. The molecule has 1 amide bonds. The Kier molecular flexibility index (Phi) is 5.84. The molecule has 2 aromatic carbocycles. The monoisotopic (exact) mass is 477 g/mol. The van der Waals surface area contributed by atoms with E-state index < -0.39 is 0 Å². The van der Waals surface area contributed by atoms with Gasteiger partial charge in [-0.05, 0) is 67.8 Å². The van der Waals surface area contributed by atoms with Crippen LogP contribution in [0.3, 0.4) is 0 Å². The van der Waals surface area contributed by atoms with Crippen molar-refractivity contribution >= 4 is 23.2 Å². The van der Waals surface area contributed by atoms with Gasteiger partial charge in [0.15, 0.2) is 5.65 Å². The molecule has 1 unspecified atom stereocenters. The maximum atomic E-state index is 12.2. The molecule has 2 aromatic heterocycles. The number of hydrogen-bond acceptors (Lipinski definition) is 6. The number of nitriles is 1. The van der Waals surface area contributed by atoms with Gasteiger partial charge in [0.25, 0.3) is 5.91 Å². The number of rotatable bonds is 7. The Morgan fingerprint density at radius 1 is 1.03 bits per heavy atom. The third-order valence-corrected chi connectivity index (χ3v) is 6.79. The number of aromatic nitrogens is 3. The van der Waals surface area contributed by atoms with Crippen LogP contribution in [0.2, 0.25) is 0 Å². The van der Waals surface area contributed by atoms with Gasteiger partial charge in [0.1, 0.15) is 0 Å². The molecule has 180 valence electrons. The van der Waals surface area contributed by atoms with Crippen molar-refractivity contribution in [1.29, 1.82) is 5.26 Å². The van der Waals surface area contributed by atoms with Crippen molar-refractivity contribution in [2.75, 3.05) is 18.4 Å². The van der Waals surface area contributed by atoms with Crippen molar-refractivity contribution in [3.63, 3.8) is 0 Å². The molecular formula is C28H27N7O. The van der Waals surface area contributed by atoms with E-state index >= 15 is 0 Å². The molecule has 0 spiro atoms. The Balaban J connectivity index is 1.16. The van der Waals surface area contributed by atoms with Crippen LogP contribution in [0.1, 0.15) is 35.2 Å². The van der Waals surface area contributed by atoms with Gasteiger partial charge >= 0.3 is 0 Å². The fraction of sp³-hybridized carbons (Fsp3) is 0.286. The first-order valence-corrected chi connectivity index (χ1v) is 12.4. The van der Waals surface area contributed by atoms with Crippen LogP contribution >= 0.6 is 0 Å². The molecule has 3 heterocycles. The van der Waals surface area contributed by atoms with Crippen LogP contribution in [0.4, 0.5) is 11.6 Å². The molecule has 6 rings (SSSR count). The Morgan fingerprint density at radius 2 is 1.83 bits per heavy atom. The summed E-state index contributed by atoms with van der Waals surface area (Å²) in [6, 6.07) is 24.5. The van der Waals surface area contributed by atoms with Gasteiger partial charge in [-0.1, -0.05) is 30.3 Å². The van der Waals surface area contributed by atoms with E-state index in [1.165, 1.54) is 5.56 Å². The topological polar surface area (TPSA) is 98.4 Å². The van der Waals surface area contributed by atoms with E-state index in [0.29, 0.717) is 17.6 Å². The molecule has 1 saturated heterocycles. The van der Waals surface area contributed by atoms with E-state index in [1.54, 1.807) is 0 Å². The summed E-state index contributed by atoms with van der Waals surface area (Å²) in [5.74, 6) is 0.620. The maximum Gasteiger partial charge on any atom is 0.251 e. The zero-order valence-electron chi connectivity index (χ0n) is 19.9. The Bertz CT molecular complexity index is 1430. The number of nitrogens with zero attached hydrogens (tertiary/aromatic N) is 5. The van der Waals surface area contributed by atoms with Crippen molar-refractivity contribution in [1.82, 2.24) is 24.8 Å². The largest absolute Gasteiger partial charge is 0.349 e. The Morgan fingerprint density at radius 3 is 2.56 bits per heavy atom. The predicted octanol–water partition coefficient (Wildman–Crippen LogP) is 4.38. The maximum absolute atomic E-state index is 12.2. The quantitative estimate of drug-likeness (QED) is 0.410. The average molecular weight is 478 g/mol. The molecule has 1 atom stereocenters. The number of carbonyl (C=O) groups is 1. The number of amides is 1. The zero-order chi connectivity index (χ0) is 24.5. The van der Waals surface area contributed by atoms with Crippen molar-refractivity contribution in [2.24, 2.45) is 5.92 Å². The summed E-state index contributed by atoms with van der Waals surface area (Å²) in [6.45, 7) is 2.69. The molecule has 1 saturated carbocycles. The molecule has 4 aromatic rings. The fourth-order valence-electron chi connectivity index (χ4n) is 4.63. The van der Waals surface area contributed by atoms with Crippen molar-refractivity contribution in [3.8, 4) is 17.3 Å². The summed E-state index contributed by atoms with van der Waals surface area (Å²) in [5, 5.41) is 20.1. The van der Waals surface area contributed by atoms with Crippen LogP contribution in [0.15, 0.2) is 66.7 Å². The van der Waals surface area contributed by atoms with Crippen molar-refractivity contribution in [2.45, 2.75) is 31.8 Å². The normalized spacial score (nSPS) is 17.7. The summed E-state index contributed by atoms with van der Waals surface area (Å²) in [7, 11) is 0. The third kappa shape index (κ3) is 4.79. The minimum absolute atomic E-state index is 0.0302. The summed E-state index contributed by atoms with van der Waals surface area (Å²) in [4.78, 5) is 19.2. The molecule has 1 aliphatic heterocycles. The standard InChI is InChI=1S/C28H27N7O/c29-16-20-14-15-34(18-20)17-19-4-6-21(7-5-19)25-2-1-3-26-32-28(33-35(25)26)31-24-10-8-22(9-11-24)27(36)30-23-12-13-23/h1-11,20,23H,12-15,17-18H2,(H,30,36)(H,31,33). The summed E-state index contributed by atoms with van der Waals surface area (Å²) >= 11 is 0. The molecule has 8 nitrogen and oxygen atoms in total. The highest BCUT2D eigenvalue weighted by Crippen LogP contribution is 2.24. The van der Waals surface area contributed by atoms with Crippen LogP contribution < -0.4 is 10.6 Å². The molecule has 2 N–H and O–H groups in total. The van der Waals surface area contributed by atoms with Gasteiger partial charge in [0.2, 0.25) is 5.95 Å². The molecule has 2 fully saturated rings. The lowest BCUT2D eigenvalue weighted by atomic mass is 10.1. The highest BCUT2D eigenvalue weighted by Gasteiger charge is 2.24. The number of pyridine rings is 1. The van der Waals surface area contributed by atoms with Crippen molar-refractivity contribution in [3.05, 3.63) is 77.9 Å². The second-order valence-electron chi connectivity index (χ2n) is 9.61. The Hall–Kier alpha value is -4.22. The molecule has 0 bridgehead atoms. The number of likely N-dealkylation sites (tertiary alicyclic amines) is 1. The molecule has 2 aliphatic rings. The van der Waals surface area contributed by atoms with Crippen LogP contribution in [0.5, 0.6) is 0 Å². The first-order chi connectivity index (χ1) is 17.6. The van der Waals surface area contributed by atoms with Crippen LogP contribution in [0, 0.1) is 17.2 Å². The van der Waals surface area contributed by atoms with E-state index in [2.05, 4.69) is 56.0 Å². The fourth-order valence-corrected chi connectivity index (χ4v) is 4.63. The lowest BCUT2D eigenvalue weighted by Gasteiger charge is -2.15. The van der Waals surface area contributed by atoms with E-state index in [1.807, 2.05) is 47.0 Å². The lowest BCUT2D eigenvalue weighted by molar-refractivity contribution is 0.0951. The summed E-state index contributed by atoms with van der Waals surface area (Å²) in [6.07, 6.45) is 3.10. The van der Waals surface area contributed by atoms with Gasteiger partial charge in [-0.2, -0.15) is 10.2 Å². The molecule has 36 heavy (non-hydrogen) atoms. The van der Waals surface area contributed by atoms with Gasteiger partial charge in [-0.25, -0.2) is 4.52 Å². The van der Waals surface area contributed by atoms with Gasteiger partial charge in [0.05, 0.1) is 17.7 Å². The van der Waals surface area contributed by atoms with E-state index in [-0.39, 0.29) is 11.8 Å². The third-order valence-electron chi connectivity index (χ3n) is 6.79. The molecule has 1 aliphatic carbocycles. The first kappa shape index (κ1) is 22.3. The van der Waals surface area contributed by atoms with Crippen LogP contribution in [0.25, 0.3) is 16.9 Å². The number of nitrogens with one attached hydrogen (secondary N) is 2. The van der Waals surface area contributed by atoms with Crippen LogP contribution in [-0.2, 0) is 6.54 Å². The Labute approximate surface area is 209 Å². The smallest absolute Gasteiger partial charge is 0.251 e. The number of anilines is 2. The highest BCUT2D eigenvalue weighted by molar-refractivity contribution is 5.95. The van der Waals surface area contributed by atoms with Gasteiger partial charge < -0.3 is 10.6 Å². The van der Waals surface area contributed by atoms with E-state index in [9.17, 15) is 4.79 Å². The van der Waals surface area contributed by atoms with E-state index in [4.69, 9.17) is 5.26 Å². The lowest BCUT2D eigenvalue weighted by Crippen LogP contribution is -2.25. The van der Waals surface area contributed by atoms with Crippen molar-refractivity contribution < 1.29 is 4.79 Å². The first-order valence-electron chi connectivity index (χ1n) is 12.4. The molecule has 0 radical (unpaired) electrons. The number of benzene rings is 2. The minimum Gasteiger partial charge on any atom is -0.349 e. The summed E-state index contributed by atoms with van der Waals surface area (Å²) < 4.78 is 1.84.